The first-order valence-corrected chi connectivity index (χ1v) is 9.32. The van der Waals surface area contributed by atoms with E-state index in [0.717, 1.165) is 4.47 Å². The molecular formula is C19H14BrCl2N2O3. The molecule has 3 rings (SSSR count). The van der Waals surface area contributed by atoms with E-state index in [9.17, 15) is 9.90 Å². The van der Waals surface area contributed by atoms with Gasteiger partial charge in [0.1, 0.15) is 5.54 Å². The Balaban J connectivity index is 2.28. The third kappa shape index (κ3) is 3.70. The number of nitrogens with one attached hydrogen (secondary N) is 1. The van der Waals surface area contributed by atoms with Crippen LogP contribution >= 0.6 is 39.1 Å². The number of hydrogen-bond acceptors (Lipinski definition) is 3. The first-order valence-electron chi connectivity index (χ1n) is 7.77. The lowest BCUT2D eigenvalue weighted by molar-refractivity contribution is 0.187. The molecule has 139 valence electrons. The Morgan fingerprint density at radius 3 is 2.59 bits per heavy atom. The van der Waals surface area contributed by atoms with Crippen molar-refractivity contribution >= 4 is 45.2 Å². The molecule has 0 saturated carbocycles. The van der Waals surface area contributed by atoms with Crippen LogP contribution in [0.1, 0.15) is 16.8 Å². The average Bonchev–Trinajstić information content (AvgIpc) is 2.99. The number of rotatable bonds is 4. The van der Waals surface area contributed by atoms with Crippen molar-refractivity contribution in [2.45, 2.75) is 12.5 Å². The van der Waals surface area contributed by atoms with Crippen LogP contribution in [-0.2, 0) is 5.54 Å². The van der Waals surface area contributed by atoms with Crippen molar-refractivity contribution in [2.24, 2.45) is 0 Å². The molecule has 0 aliphatic rings. The highest BCUT2D eigenvalue weighted by Gasteiger charge is 2.39. The Bertz CT molecular complexity index is 1020. The molecule has 2 N–H and O–H groups in total. The Morgan fingerprint density at radius 2 is 1.96 bits per heavy atom. The first-order chi connectivity index (χ1) is 12.7. The summed E-state index contributed by atoms with van der Waals surface area (Å²) >= 11 is 15.9. The van der Waals surface area contributed by atoms with Crippen LogP contribution in [-0.4, -0.2) is 16.4 Å². The molecule has 1 radical (unpaired) electrons. The summed E-state index contributed by atoms with van der Waals surface area (Å²) in [5.74, 6) is 0.352. The highest BCUT2D eigenvalue weighted by atomic mass is 79.9. The van der Waals surface area contributed by atoms with Crippen LogP contribution in [0.15, 0.2) is 51.5 Å². The first kappa shape index (κ1) is 19.7. The summed E-state index contributed by atoms with van der Waals surface area (Å²) in [7, 11) is 0. The van der Waals surface area contributed by atoms with Crippen LogP contribution in [0, 0.1) is 13.8 Å². The molecule has 1 atom stereocenters. The summed E-state index contributed by atoms with van der Waals surface area (Å²) in [6.45, 7) is 5.86. The monoisotopic (exact) mass is 467 g/mol. The van der Waals surface area contributed by atoms with Gasteiger partial charge in [-0.25, -0.2) is 4.79 Å². The molecule has 1 unspecified atom stereocenters. The second-order valence-electron chi connectivity index (χ2n) is 5.92. The van der Waals surface area contributed by atoms with Gasteiger partial charge in [-0.05, 0) is 54.0 Å². The van der Waals surface area contributed by atoms with E-state index in [4.69, 9.17) is 27.7 Å². The van der Waals surface area contributed by atoms with Crippen molar-refractivity contribution in [3.63, 3.8) is 0 Å². The number of benzene rings is 2. The maximum atomic E-state index is 11.6. The quantitative estimate of drug-likeness (QED) is 0.487. The largest absolute Gasteiger partial charge is 0.465 e. The molecule has 5 nitrogen and oxygen atoms in total. The number of aromatic nitrogens is 1. The number of hydrogen-bond donors (Lipinski definition) is 2. The molecule has 0 spiro atoms. The second-order valence-corrected chi connectivity index (χ2v) is 7.59. The van der Waals surface area contributed by atoms with Crippen molar-refractivity contribution in [3.8, 4) is 11.3 Å². The van der Waals surface area contributed by atoms with Gasteiger partial charge in [-0.15, -0.1) is 0 Å². The van der Waals surface area contributed by atoms with Crippen LogP contribution in [0.25, 0.3) is 11.3 Å². The maximum Gasteiger partial charge on any atom is 0.405 e. The summed E-state index contributed by atoms with van der Waals surface area (Å²) in [5.41, 5.74) is 0.600. The van der Waals surface area contributed by atoms with E-state index in [1.165, 1.54) is 0 Å². The lowest BCUT2D eigenvalue weighted by Gasteiger charge is -2.31. The Hall–Kier alpha value is -2.02. The Kier molecular flexibility index (Phi) is 5.51. The predicted octanol–water partition coefficient (Wildman–Crippen LogP) is 6.06. The van der Waals surface area contributed by atoms with E-state index in [1.54, 1.807) is 49.4 Å². The number of carboxylic acid groups (broad SMARTS) is 1. The van der Waals surface area contributed by atoms with Crippen LogP contribution in [0.5, 0.6) is 0 Å². The van der Waals surface area contributed by atoms with Crippen LogP contribution in [0.3, 0.4) is 0 Å². The van der Waals surface area contributed by atoms with Gasteiger partial charge in [0.2, 0.25) is 0 Å². The van der Waals surface area contributed by atoms with Gasteiger partial charge in [0.25, 0.3) is 0 Å². The molecule has 3 aromatic rings. The normalized spacial score (nSPS) is 13.2. The lowest BCUT2D eigenvalue weighted by Crippen LogP contribution is -2.44. The van der Waals surface area contributed by atoms with Gasteiger partial charge in [-0.1, -0.05) is 46.6 Å². The molecule has 0 aliphatic heterocycles. The van der Waals surface area contributed by atoms with E-state index in [2.05, 4.69) is 33.3 Å². The van der Waals surface area contributed by atoms with Crippen LogP contribution in [0.4, 0.5) is 4.79 Å². The number of nitrogens with zero attached hydrogens (tertiary/aromatic N) is 1. The number of aryl methyl sites for hydroxylation is 1. The van der Waals surface area contributed by atoms with Gasteiger partial charge >= 0.3 is 6.09 Å². The summed E-state index contributed by atoms with van der Waals surface area (Å²) in [4.78, 5) is 11.6. The van der Waals surface area contributed by atoms with E-state index < -0.39 is 11.6 Å². The van der Waals surface area contributed by atoms with Gasteiger partial charge in [0, 0.05) is 20.6 Å². The zero-order valence-electron chi connectivity index (χ0n) is 14.1. The van der Waals surface area contributed by atoms with Crippen molar-refractivity contribution in [1.82, 2.24) is 10.5 Å². The Morgan fingerprint density at radius 1 is 1.26 bits per heavy atom. The van der Waals surface area contributed by atoms with E-state index >= 15 is 0 Å². The molecule has 8 heteroatoms. The summed E-state index contributed by atoms with van der Waals surface area (Å²) in [6.07, 6.45) is -1.26. The minimum absolute atomic E-state index is 0.352. The van der Waals surface area contributed by atoms with Crippen LogP contribution < -0.4 is 5.32 Å². The Labute approximate surface area is 174 Å². The standard InChI is InChI=1S/C19H14BrCl2N2O3/c1-10-16(17(27-24-10)11-7-8-13(20)15(22)9-11)19(2,23-18(25)26)12-5-3-4-6-14(12)21/h3-9,23H,2H2,1H3,(H,25,26). The summed E-state index contributed by atoms with van der Waals surface area (Å²) in [5, 5.41) is 16.8. The number of halogens is 3. The smallest absolute Gasteiger partial charge is 0.405 e. The van der Waals surface area contributed by atoms with Gasteiger partial charge in [-0.2, -0.15) is 0 Å². The molecule has 0 bridgehead atoms. The van der Waals surface area contributed by atoms with Crippen molar-refractivity contribution in [2.75, 3.05) is 0 Å². The van der Waals surface area contributed by atoms with Gasteiger partial charge in [-0.3, -0.25) is 0 Å². The molecule has 0 saturated heterocycles. The number of amides is 1. The fourth-order valence-electron chi connectivity index (χ4n) is 2.96. The lowest BCUT2D eigenvalue weighted by atomic mass is 9.82. The highest BCUT2D eigenvalue weighted by molar-refractivity contribution is 9.10. The van der Waals surface area contributed by atoms with Crippen molar-refractivity contribution in [1.29, 1.82) is 0 Å². The van der Waals surface area contributed by atoms with E-state index in [1.807, 2.05) is 0 Å². The van der Waals surface area contributed by atoms with E-state index in [-0.39, 0.29) is 0 Å². The fourth-order valence-corrected chi connectivity index (χ4v) is 3.69. The zero-order valence-corrected chi connectivity index (χ0v) is 17.2. The zero-order chi connectivity index (χ0) is 19.8. The third-order valence-corrected chi connectivity index (χ3v) is 5.69. The molecular weight excluding hydrogens is 455 g/mol. The molecule has 0 aliphatic carbocycles. The van der Waals surface area contributed by atoms with Crippen molar-refractivity contribution < 1.29 is 14.4 Å². The fraction of sp³-hybridized carbons (Fsp3) is 0.105. The minimum atomic E-state index is -1.44. The van der Waals surface area contributed by atoms with Gasteiger partial charge in [0.15, 0.2) is 5.76 Å². The maximum absolute atomic E-state index is 11.6. The molecule has 1 aromatic heterocycles. The summed E-state index contributed by atoms with van der Waals surface area (Å²) < 4.78 is 6.25. The molecule has 0 fully saturated rings. The van der Waals surface area contributed by atoms with Crippen LogP contribution in [0.2, 0.25) is 10.0 Å². The minimum Gasteiger partial charge on any atom is -0.465 e. The van der Waals surface area contributed by atoms with Gasteiger partial charge in [0.05, 0.1) is 16.3 Å². The highest BCUT2D eigenvalue weighted by Crippen LogP contribution is 2.41. The van der Waals surface area contributed by atoms with Gasteiger partial charge < -0.3 is 14.9 Å². The SMILES string of the molecule is [CH2]C(NC(=O)O)(c1ccccc1Cl)c1c(C)noc1-c1ccc(Br)c(Cl)c1. The van der Waals surface area contributed by atoms with Crippen molar-refractivity contribution in [3.05, 3.63) is 80.7 Å². The molecule has 1 amide bonds. The topological polar surface area (TPSA) is 75.4 Å². The molecule has 1 heterocycles. The summed E-state index contributed by atoms with van der Waals surface area (Å²) in [6, 6.07) is 12.1. The van der Waals surface area contributed by atoms with E-state index in [0.29, 0.717) is 38.2 Å². The second kappa shape index (κ2) is 7.54. The molecule has 2 aromatic carbocycles. The third-order valence-electron chi connectivity index (χ3n) is 4.13. The molecule has 27 heavy (non-hydrogen) atoms. The number of carbonyl (C=O) groups is 1. The average molecular weight is 469 g/mol. The predicted molar refractivity (Wildman–Crippen MR) is 108 cm³/mol.